The molecular weight excluding hydrogens is 358 g/mol. The number of halogens is 1. The van der Waals surface area contributed by atoms with Gasteiger partial charge in [0.2, 0.25) is 0 Å². The van der Waals surface area contributed by atoms with Gasteiger partial charge in [-0.15, -0.1) is 0 Å². The molecule has 0 fully saturated rings. The first-order chi connectivity index (χ1) is 10.9. The summed E-state index contributed by atoms with van der Waals surface area (Å²) in [7, 11) is 1.81. The van der Waals surface area contributed by atoms with Crippen molar-refractivity contribution in [1.29, 1.82) is 0 Å². The monoisotopic (exact) mass is 367 g/mol. The number of aryl methyl sites for hydroxylation is 2. The second-order valence-electron chi connectivity index (χ2n) is 4.77. The summed E-state index contributed by atoms with van der Waals surface area (Å²) in [4.78, 5) is 27.2. The number of amides is 1. The van der Waals surface area contributed by atoms with Crippen molar-refractivity contribution in [2.45, 2.75) is 6.92 Å². The number of aromatic nitrogens is 1. The molecule has 1 aromatic carbocycles. The highest BCUT2D eigenvalue weighted by Gasteiger charge is 2.15. The van der Waals surface area contributed by atoms with Crippen LogP contribution in [-0.4, -0.2) is 15.4 Å². The van der Waals surface area contributed by atoms with E-state index in [0.717, 1.165) is 27.1 Å². The van der Waals surface area contributed by atoms with Crippen LogP contribution in [0.2, 0.25) is 5.02 Å². The second kappa shape index (κ2) is 5.88. The number of nitrogens with zero attached hydrogens (tertiary/aromatic N) is 3. The molecule has 2 aromatic heterocycles. The summed E-state index contributed by atoms with van der Waals surface area (Å²) in [6, 6.07) is 6.42. The number of rotatable bonds is 2. The van der Waals surface area contributed by atoms with Crippen LogP contribution in [0.4, 0.5) is 5.00 Å². The molecule has 118 valence electrons. The standard InChI is InChI=1S/C14H10ClN3O3S2/c1-7-8(15)3-4-9-12(7)17(2)14(23-9)16-13(19)10-5-6-11(22-10)18(20)21/h3-6H,1-2H3. The molecule has 0 aliphatic carbocycles. The summed E-state index contributed by atoms with van der Waals surface area (Å²) >= 11 is 8.32. The van der Waals surface area contributed by atoms with Gasteiger partial charge in [0.25, 0.3) is 5.91 Å². The van der Waals surface area contributed by atoms with Gasteiger partial charge in [-0.1, -0.05) is 34.3 Å². The lowest BCUT2D eigenvalue weighted by Crippen LogP contribution is -2.13. The SMILES string of the molecule is Cc1c(Cl)ccc2sc(=NC(=O)c3ccc([N+](=O)[O-])s3)n(C)c12. The van der Waals surface area contributed by atoms with Gasteiger partial charge >= 0.3 is 5.00 Å². The summed E-state index contributed by atoms with van der Waals surface area (Å²) < 4.78 is 2.78. The number of hydrogen-bond acceptors (Lipinski definition) is 5. The van der Waals surface area contributed by atoms with Crippen LogP contribution in [-0.2, 0) is 7.05 Å². The van der Waals surface area contributed by atoms with Crippen LogP contribution >= 0.6 is 34.3 Å². The first-order valence-electron chi connectivity index (χ1n) is 6.46. The van der Waals surface area contributed by atoms with Crippen LogP contribution in [0.15, 0.2) is 29.3 Å². The molecule has 2 heterocycles. The molecule has 3 aromatic rings. The summed E-state index contributed by atoms with van der Waals surface area (Å²) in [5, 5.41) is 11.3. The highest BCUT2D eigenvalue weighted by atomic mass is 35.5. The van der Waals surface area contributed by atoms with Gasteiger partial charge in [0.1, 0.15) is 4.88 Å². The number of hydrogen-bond donors (Lipinski definition) is 0. The Hall–Kier alpha value is -2.03. The maximum Gasteiger partial charge on any atom is 0.324 e. The fourth-order valence-electron chi connectivity index (χ4n) is 2.19. The average molecular weight is 368 g/mol. The lowest BCUT2D eigenvalue weighted by molar-refractivity contribution is -0.380. The number of nitro groups is 1. The highest BCUT2D eigenvalue weighted by Crippen LogP contribution is 2.27. The Morgan fingerprint density at radius 3 is 2.70 bits per heavy atom. The normalized spacial score (nSPS) is 12.0. The van der Waals surface area contributed by atoms with E-state index in [-0.39, 0.29) is 9.88 Å². The van der Waals surface area contributed by atoms with Gasteiger partial charge in [-0.3, -0.25) is 14.9 Å². The Morgan fingerprint density at radius 2 is 2.04 bits per heavy atom. The minimum Gasteiger partial charge on any atom is -0.319 e. The van der Waals surface area contributed by atoms with Crippen molar-refractivity contribution >= 4 is 55.4 Å². The van der Waals surface area contributed by atoms with E-state index in [0.29, 0.717) is 9.82 Å². The molecule has 0 aliphatic rings. The minimum atomic E-state index is -0.522. The average Bonchev–Trinajstić information content (AvgIpc) is 3.10. The second-order valence-corrected chi connectivity index (χ2v) is 7.25. The number of fused-ring (bicyclic) bond motifs is 1. The van der Waals surface area contributed by atoms with Crippen molar-refractivity contribution in [3.8, 4) is 0 Å². The Labute approximate surface area is 143 Å². The largest absolute Gasteiger partial charge is 0.324 e. The van der Waals surface area contributed by atoms with Crippen LogP contribution in [0.5, 0.6) is 0 Å². The van der Waals surface area contributed by atoms with Crippen LogP contribution < -0.4 is 4.80 Å². The molecular formula is C14H10ClN3O3S2. The van der Waals surface area contributed by atoms with Gasteiger partial charge in [-0.25, -0.2) is 0 Å². The first-order valence-corrected chi connectivity index (χ1v) is 8.47. The van der Waals surface area contributed by atoms with E-state index >= 15 is 0 Å². The molecule has 9 heteroatoms. The molecule has 0 N–H and O–H groups in total. The molecule has 0 unspecified atom stereocenters. The number of carbonyl (C=O) groups excluding carboxylic acids is 1. The number of benzene rings is 1. The third-order valence-electron chi connectivity index (χ3n) is 3.33. The lowest BCUT2D eigenvalue weighted by Gasteiger charge is -2.01. The Bertz CT molecular complexity index is 1020. The molecule has 0 atom stereocenters. The van der Waals surface area contributed by atoms with E-state index in [1.165, 1.54) is 23.5 Å². The van der Waals surface area contributed by atoms with Crippen molar-refractivity contribution < 1.29 is 9.72 Å². The smallest absolute Gasteiger partial charge is 0.319 e. The zero-order valence-electron chi connectivity index (χ0n) is 12.1. The van der Waals surface area contributed by atoms with Crippen molar-refractivity contribution in [1.82, 2.24) is 4.57 Å². The van der Waals surface area contributed by atoms with E-state index in [4.69, 9.17) is 11.6 Å². The molecule has 0 saturated heterocycles. The van der Waals surface area contributed by atoms with Crippen molar-refractivity contribution in [2.24, 2.45) is 12.0 Å². The highest BCUT2D eigenvalue weighted by molar-refractivity contribution is 7.17. The number of thiophene rings is 1. The van der Waals surface area contributed by atoms with Crippen LogP contribution in [0.25, 0.3) is 10.2 Å². The predicted molar refractivity (Wildman–Crippen MR) is 91.4 cm³/mol. The molecule has 0 spiro atoms. The Morgan fingerprint density at radius 1 is 1.30 bits per heavy atom. The van der Waals surface area contributed by atoms with Crippen molar-refractivity contribution in [3.63, 3.8) is 0 Å². The van der Waals surface area contributed by atoms with E-state index < -0.39 is 10.8 Å². The zero-order valence-corrected chi connectivity index (χ0v) is 14.5. The number of thiazole rings is 1. The summed E-state index contributed by atoms with van der Waals surface area (Å²) in [5.41, 5.74) is 1.84. The Balaban J connectivity index is 2.10. The summed E-state index contributed by atoms with van der Waals surface area (Å²) in [6.07, 6.45) is 0. The molecule has 3 rings (SSSR count). The van der Waals surface area contributed by atoms with Gasteiger partial charge in [-0.05, 0) is 30.7 Å². The fourth-order valence-corrected chi connectivity index (χ4v) is 4.13. The van der Waals surface area contributed by atoms with E-state index in [9.17, 15) is 14.9 Å². The van der Waals surface area contributed by atoms with Gasteiger partial charge in [0.15, 0.2) is 4.80 Å². The predicted octanol–water partition coefficient (Wildman–Crippen LogP) is 3.91. The van der Waals surface area contributed by atoms with Crippen LogP contribution in [0.3, 0.4) is 0 Å². The minimum absolute atomic E-state index is 0.0770. The Kier molecular flexibility index (Phi) is 4.05. The fraction of sp³-hybridized carbons (Fsp3) is 0.143. The maximum atomic E-state index is 12.2. The molecule has 0 aliphatic heterocycles. The number of carbonyl (C=O) groups is 1. The third-order valence-corrected chi connectivity index (χ3v) is 5.86. The van der Waals surface area contributed by atoms with Crippen molar-refractivity contribution in [2.75, 3.05) is 0 Å². The third kappa shape index (κ3) is 2.80. The van der Waals surface area contributed by atoms with Gasteiger partial charge in [0, 0.05) is 18.1 Å². The topological polar surface area (TPSA) is 77.5 Å². The quantitative estimate of drug-likeness (QED) is 0.508. The molecule has 1 amide bonds. The van der Waals surface area contributed by atoms with Crippen molar-refractivity contribution in [3.05, 3.63) is 54.6 Å². The first kappa shape index (κ1) is 15.9. The van der Waals surface area contributed by atoms with E-state index in [2.05, 4.69) is 4.99 Å². The zero-order chi connectivity index (χ0) is 16.7. The molecule has 0 bridgehead atoms. The molecule has 6 nitrogen and oxygen atoms in total. The lowest BCUT2D eigenvalue weighted by atomic mass is 10.2. The molecule has 23 heavy (non-hydrogen) atoms. The molecule has 0 saturated carbocycles. The van der Waals surface area contributed by atoms with Gasteiger partial charge < -0.3 is 4.57 Å². The van der Waals surface area contributed by atoms with Crippen LogP contribution in [0, 0.1) is 17.0 Å². The van der Waals surface area contributed by atoms with E-state index in [1.54, 1.807) is 4.57 Å². The van der Waals surface area contributed by atoms with Gasteiger partial charge in [-0.2, -0.15) is 4.99 Å². The summed E-state index contributed by atoms with van der Waals surface area (Å²) in [5.74, 6) is -0.492. The molecule has 0 radical (unpaired) electrons. The van der Waals surface area contributed by atoms with Gasteiger partial charge in [0.05, 0.1) is 15.1 Å². The van der Waals surface area contributed by atoms with E-state index in [1.807, 2.05) is 26.1 Å². The maximum absolute atomic E-state index is 12.2. The summed E-state index contributed by atoms with van der Waals surface area (Å²) in [6.45, 7) is 1.91. The van der Waals surface area contributed by atoms with Crippen LogP contribution in [0.1, 0.15) is 15.2 Å².